The van der Waals surface area contributed by atoms with Crippen LogP contribution in [0.5, 0.6) is 0 Å². The van der Waals surface area contributed by atoms with Crippen LogP contribution in [0.2, 0.25) is 0 Å². The Hall–Kier alpha value is -2.87. The highest BCUT2D eigenvalue weighted by Gasteiger charge is 2.04. The zero-order chi connectivity index (χ0) is 14.9. The normalized spacial score (nSPS) is 11.7. The minimum absolute atomic E-state index is 1.20. The molecule has 2 aromatic carbocycles. The van der Waals surface area contributed by atoms with Gasteiger partial charge in [-0.1, -0.05) is 48.6 Å². The van der Waals surface area contributed by atoms with Crippen LogP contribution in [-0.2, 0) is 7.05 Å². The lowest BCUT2D eigenvalue weighted by Gasteiger charge is -1.99. The number of aromatic nitrogens is 2. The average molecular weight is 285 g/mol. The van der Waals surface area contributed by atoms with E-state index in [1.165, 1.54) is 32.8 Å². The van der Waals surface area contributed by atoms with Gasteiger partial charge in [-0.3, -0.25) is 0 Å². The van der Waals surface area contributed by atoms with Crippen molar-refractivity contribution in [1.29, 1.82) is 0 Å². The van der Waals surface area contributed by atoms with Crippen molar-refractivity contribution in [2.24, 2.45) is 7.05 Å². The summed E-state index contributed by atoms with van der Waals surface area (Å²) in [5.74, 6) is 0. The summed E-state index contributed by atoms with van der Waals surface area (Å²) in [7, 11) is 2.03. The molecule has 0 unspecified atom stereocenters. The Morgan fingerprint density at radius 1 is 0.864 bits per heavy atom. The fourth-order valence-electron chi connectivity index (χ4n) is 2.84. The smallest absolute Gasteiger partial charge is 0.169 e. The standard InChI is InChI=1S/C20H16N2/c1-22-12-10-15(11-13-22)6-7-17-14-21-20-18-5-3-2-4-16(18)8-9-19(17)20/h2-14H,1H3/p+1. The minimum atomic E-state index is 1.20. The largest absolute Gasteiger partial charge is 0.360 e. The number of hydrogen-bond acceptors (Lipinski definition) is 0. The lowest BCUT2D eigenvalue weighted by atomic mass is 10.1. The predicted octanol–water partition coefficient (Wildman–Crippen LogP) is 4.32. The molecule has 0 atom stereocenters. The Labute approximate surface area is 129 Å². The molecule has 0 aliphatic rings. The van der Waals surface area contributed by atoms with Crippen LogP contribution in [0.15, 0.2) is 67.1 Å². The number of aryl methyl sites for hydroxylation is 1. The molecular formula is C20H17N2+. The Kier molecular flexibility index (Phi) is 3.01. The van der Waals surface area contributed by atoms with Crippen LogP contribution in [0.3, 0.4) is 0 Å². The molecule has 4 aromatic rings. The van der Waals surface area contributed by atoms with E-state index in [0.717, 1.165) is 0 Å². The zero-order valence-corrected chi connectivity index (χ0v) is 12.5. The topological polar surface area (TPSA) is 19.7 Å². The van der Waals surface area contributed by atoms with Gasteiger partial charge in [-0.15, -0.1) is 0 Å². The van der Waals surface area contributed by atoms with Crippen LogP contribution < -0.4 is 4.57 Å². The molecular weight excluding hydrogens is 268 g/mol. The van der Waals surface area contributed by atoms with Gasteiger partial charge in [-0.05, 0) is 16.5 Å². The number of aromatic amines is 1. The van der Waals surface area contributed by atoms with Gasteiger partial charge < -0.3 is 4.98 Å². The molecule has 0 amide bonds. The van der Waals surface area contributed by atoms with Crippen molar-refractivity contribution in [3.63, 3.8) is 0 Å². The molecule has 0 saturated heterocycles. The first-order valence-corrected chi connectivity index (χ1v) is 7.43. The maximum atomic E-state index is 3.42. The number of rotatable bonds is 2. The molecule has 2 aromatic heterocycles. The molecule has 0 aliphatic heterocycles. The van der Waals surface area contributed by atoms with Gasteiger partial charge in [0.1, 0.15) is 7.05 Å². The second-order valence-corrected chi connectivity index (χ2v) is 5.58. The minimum Gasteiger partial charge on any atom is -0.360 e. The highest BCUT2D eigenvalue weighted by atomic mass is 14.9. The maximum Gasteiger partial charge on any atom is 0.169 e. The van der Waals surface area contributed by atoms with Crippen molar-refractivity contribution < 1.29 is 4.57 Å². The zero-order valence-electron chi connectivity index (χ0n) is 12.5. The van der Waals surface area contributed by atoms with E-state index in [1.54, 1.807) is 0 Å². The fourth-order valence-corrected chi connectivity index (χ4v) is 2.84. The van der Waals surface area contributed by atoms with E-state index in [4.69, 9.17) is 0 Å². The van der Waals surface area contributed by atoms with E-state index < -0.39 is 0 Å². The van der Waals surface area contributed by atoms with Gasteiger partial charge in [0.05, 0.1) is 5.52 Å². The van der Waals surface area contributed by atoms with Gasteiger partial charge in [-0.25, -0.2) is 4.57 Å². The number of benzene rings is 2. The van der Waals surface area contributed by atoms with Crippen LogP contribution in [-0.4, -0.2) is 4.98 Å². The van der Waals surface area contributed by atoms with Crippen molar-refractivity contribution in [2.75, 3.05) is 0 Å². The van der Waals surface area contributed by atoms with Crippen LogP contribution >= 0.6 is 0 Å². The van der Waals surface area contributed by atoms with Gasteiger partial charge in [0.15, 0.2) is 12.4 Å². The maximum absolute atomic E-state index is 3.42. The summed E-state index contributed by atoms with van der Waals surface area (Å²) in [6.07, 6.45) is 10.5. The number of pyridine rings is 1. The highest BCUT2D eigenvalue weighted by Crippen LogP contribution is 2.27. The van der Waals surface area contributed by atoms with E-state index in [1.807, 2.05) is 11.6 Å². The second-order valence-electron chi connectivity index (χ2n) is 5.58. The molecule has 0 radical (unpaired) electrons. The van der Waals surface area contributed by atoms with Crippen molar-refractivity contribution in [1.82, 2.24) is 4.98 Å². The summed E-state index contributed by atoms with van der Waals surface area (Å²) < 4.78 is 2.04. The van der Waals surface area contributed by atoms with Crippen LogP contribution in [0, 0.1) is 0 Å². The Morgan fingerprint density at radius 2 is 1.68 bits per heavy atom. The lowest BCUT2D eigenvalue weighted by molar-refractivity contribution is -0.671. The molecule has 0 aliphatic carbocycles. The molecule has 106 valence electrons. The van der Waals surface area contributed by atoms with E-state index in [0.29, 0.717) is 0 Å². The van der Waals surface area contributed by atoms with Gasteiger partial charge in [0.25, 0.3) is 0 Å². The van der Waals surface area contributed by atoms with E-state index >= 15 is 0 Å². The van der Waals surface area contributed by atoms with Crippen LogP contribution in [0.4, 0.5) is 0 Å². The molecule has 22 heavy (non-hydrogen) atoms. The summed E-state index contributed by atoms with van der Waals surface area (Å²) in [6.45, 7) is 0. The van der Waals surface area contributed by atoms with Crippen LogP contribution in [0.1, 0.15) is 11.1 Å². The van der Waals surface area contributed by atoms with Gasteiger partial charge >= 0.3 is 0 Å². The number of H-pyrrole nitrogens is 1. The Balaban J connectivity index is 1.79. The van der Waals surface area contributed by atoms with Gasteiger partial charge in [-0.2, -0.15) is 0 Å². The van der Waals surface area contributed by atoms with Crippen molar-refractivity contribution >= 4 is 33.8 Å². The summed E-state index contributed by atoms with van der Waals surface area (Å²) >= 11 is 0. The number of nitrogens with one attached hydrogen (secondary N) is 1. The third-order valence-electron chi connectivity index (χ3n) is 4.07. The van der Waals surface area contributed by atoms with E-state index in [2.05, 4.69) is 84.3 Å². The third kappa shape index (κ3) is 2.19. The highest BCUT2D eigenvalue weighted by molar-refractivity contribution is 6.08. The summed E-state index contributed by atoms with van der Waals surface area (Å²) in [6, 6.07) is 17.1. The van der Waals surface area contributed by atoms with E-state index in [-0.39, 0.29) is 0 Å². The second kappa shape index (κ2) is 5.15. The monoisotopic (exact) mass is 285 g/mol. The summed E-state index contributed by atoms with van der Waals surface area (Å²) in [4.78, 5) is 3.42. The summed E-state index contributed by atoms with van der Waals surface area (Å²) in [5.41, 5.74) is 3.62. The Morgan fingerprint density at radius 3 is 2.55 bits per heavy atom. The molecule has 0 saturated carbocycles. The SMILES string of the molecule is C[n+]1ccc(/C=C/c2c[nH]c3c2ccc2ccccc23)cc1. The van der Waals surface area contributed by atoms with Gasteiger partial charge in [0.2, 0.25) is 0 Å². The fraction of sp³-hybridized carbons (Fsp3) is 0.0500. The quantitative estimate of drug-likeness (QED) is 0.529. The first kappa shape index (κ1) is 12.8. The number of fused-ring (bicyclic) bond motifs is 3. The van der Waals surface area contributed by atoms with Crippen LogP contribution in [0.25, 0.3) is 33.8 Å². The number of nitrogens with zero attached hydrogens (tertiary/aromatic N) is 1. The molecule has 2 heteroatoms. The molecule has 4 rings (SSSR count). The lowest BCUT2D eigenvalue weighted by Crippen LogP contribution is -2.25. The summed E-state index contributed by atoms with van der Waals surface area (Å²) in [5, 5.41) is 3.80. The molecule has 1 N–H and O–H groups in total. The molecule has 2 nitrogen and oxygen atoms in total. The average Bonchev–Trinajstić information content (AvgIpc) is 2.98. The predicted molar refractivity (Wildman–Crippen MR) is 92.4 cm³/mol. The molecule has 2 heterocycles. The molecule has 0 spiro atoms. The number of hydrogen-bond donors (Lipinski definition) is 1. The third-order valence-corrected chi connectivity index (χ3v) is 4.07. The molecule has 0 fully saturated rings. The first-order valence-electron chi connectivity index (χ1n) is 7.43. The van der Waals surface area contributed by atoms with Crippen molar-refractivity contribution in [3.05, 3.63) is 78.2 Å². The van der Waals surface area contributed by atoms with E-state index in [9.17, 15) is 0 Å². The first-order chi connectivity index (χ1) is 10.8. The van der Waals surface area contributed by atoms with Crippen molar-refractivity contribution in [3.8, 4) is 0 Å². The van der Waals surface area contributed by atoms with Crippen molar-refractivity contribution in [2.45, 2.75) is 0 Å². The Bertz CT molecular complexity index is 976. The molecule has 0 bridgehead atoms. The van der Waals surface area contributed by atoms with Gasteiger partial charge in [0, 0.05) is 29.1 Å².